The fraction of sp³-hybridized carbons (Fsp3) is 0.333. The molecule has 0 radical (unpaired) electrons. The number of rotatable bonds is 4. The molecule has 0 amide bonds. The van der Waals surface area contributed by atoms with Gasteiger partial charge in [-0.1, -0.05) is 16.8 Å². The van der Waals surface area contributed by atoms with Crippen LogP contribution < -0.4 is 5.32 Å². The van der Waals surface area contributed by atoms with Gasteiger partial charge in [-0.05, 0) is 32.2 Å². The van der Waals surface area contributed by atoms with Crippen LogP contribution in [0.15, 0.2) is 22.7 Å². The van der Waals surface area contributed by atoms with Crippen LogP contribution in [0, 0.1) is 5.82 Å². The highest BCUT2D eigenvalue weighted by Crippen LogP contribution is 2.22. The van der Waals surface area contributed by atoms with Crippen LogP contribution in [0.25, 0.3) is 11.4 Å². The van der Waals surface area contributed by atoms with E-state index in [1.807, 2.05) is 14.0 Å². The molecular weight excluding hydrogens is 257 g/mol. The van der Waals surface area contributed by atoms with Crippen LogP contribution in [0.3, 0.4) is 0 Å². The molecule has 4 nitrogen and oxygen atoms in total. The van der Waals surface area contributed by atoms with Crippen molar-refractivity contribution in [2.45, 2.75) is 19.4 Å². The Morgan fingerprint density at radius 2 is 2.28 bits per heavy atom. The Labute approximate surface area is 109 Å². The van der Waals surface area contributed by atoms with Gasteiger partial charge in [0.1, 0.15) is 5.82 Å². The lowest BCUT2D eigenvalue weighted by Gasteiger charge is -2.04. The number of likely N-dealkylation sites (N-methyl/N-ethyl adjacent to an activating group) is 1. The van der Waals surface area contributed by atoms with E-state index in [4.69, 9.17) is 16.1 Å². The van der Waals surface area contributed by atoms with E-state index in [0.29, 0.717) is 23.7 Å². The Morgan fingerprint density at radius 1 is 1.50 bits per heavy atom. The van der Waals surface area contributed by atoms with E-state index >= 15 is 0 Å². The van der Waals surface area contributed by atoms with E-state index in [2.05, 4.69) is 15.5 Å². The Kier molecular flexibility index (Phi) is 3.93. The zero-order valence-electron chi connectivity index (χ0n) is 10.1. The van der Waals surface area contributed by atoms with Gasteiger partial charge in [-0.15, -0.1) is 0 Å². The lowest BCUT2D eigenvalue weighted by atomic mass is 10.2. The quantitative estimate of drug-likeness (QED) is 0.927. The molecule has 2 rings (SSSR count). The highest BCUT2D eigenvalue weighted by molar-refractivity contribution is 6.31. The van der Waals surface area contributed by atoms with Gasteiger partial charge < -0.3 is 9.84 Å². The largest absolute Gasteiger partial charge is 0.339 e. The van der Waals surface area contributed by atoms with Crippen LogP contribution in [0.5, 0.6) is 0 Å². The molecule has 0 fully saturated rings. The number of benzene rings is 1. The fourth-order valence-electron chi connectivity index (χ4n) is 1.45. The van der Waals surface area contributed by atoms with Gasteiger partial charge in [-0.25, -0.2) is 4.39 Å². The predicted molar refractivity (Wildman–Crippen MR) is 66.9 cm³/mol. The molecule has 0 spiro atoms. The summed E-state index contributed by atoms with van der Waals surface area (Å²) in [5.74, 6) is 0.482. The van der Waals surface area contributed by atoms with E-state index in [0.717, 1.165) is 0 Å². The van der Waals surface area contributed by atoms with Gasteiger partial charge in [-0.2, -0.15) is 4.98 Å². The zero-order chi connectivity index (χ0) is 13.1. The van der Waals surface area contributed by atoms with Crippen molar-refractivity contribution in [3.63, 3.8) is 0 Å². The van der Waals surface area contributed by atoms with Crippen molar-refractivity contribution < 1.29 is 8.91 Å². The smallest absolute Gasteiger partial charge is 0.228 e. The third-order valence-electron chi connectivity index (χ3n) is 2.62. The molecule has 1 heterocycles. The van der Waals surface area contributed by atoms with Gasteiger partial charge in [-0.3, -0.25) is 0 Å². The Morgan fingerprint density at radius 3 is 2.94 bits per heavy atom. The standard InChI is InChI=1S/C12H13ClFN3O/c1-7(15-2)5-11-16-12(17-18-11)8-3-4-10(14)9(13)6-8/h3-4,6-7,15H,5H2,1-2H3. The van der Waals surface area contributed by atoms with Crippen LogP contribution in [0.1, 0.15) is 12.8 Å². The molecule has 1 N–H and O–H groups in total. The summed E-state index contributed by atoms with van der Waals surface area (Å²) in [7, 11) is 1.86. The van der Waals surface area contributed by atoms with E-state index in [1.54, 1.807) is 6.07 Å². The first-order valence-electron chi connectivity index (χ1n) is 5.55. The minimum absolute atomic E-state index is 0.0439. The highest BCUT2D eigenvalue weighted by atomic mass is 35.5. The molecule has 0 aliphatic rings. The van der Waals surface area contributed by atoms with Crippen molar-refractivity contribution in [3.8, 4) is 11.4 Å². The van der Waals surface area contributed by atoms with Gasteiger partial charge in [0, 0.05) is 18.0 Å². The lowest BCUT2D eigenvalue weighted by Crippen LogP contribution is -2.23. The maximum Gasteiger partial charge on any atom is 0.228 e. The van der Waals surface area contributed by atoms with E-state index in [1.165, 1.54) is 12.1 Å². The fourth-order valence-corrected chi connectivity index (χ4v) is 1.63. The highest BCUT2D eigenvalue weighted by Gasteiger charge is 2.12. The summed E-state index contributed by atoms with van der Waals surface area (Å²) in [6.45, 7) is 2.01. The van der Waals surface area contributed by atoms with Gasteiger partial charge in [0.2, 0.25) is 11.7 Å². The monoisotopic (exact) mass is 269 g/mol. The van der Waals surface area contributed by atoms with E-state index < -0.39 is 5.82 Å². The molecule has 1 aromatic carbocycles. The number of hydrogen-bond acceptors (Lipinski definition) is 4. The molecule has 2 aromatic rings. The molecule has 0 bridgehead atoms. The average Bonchev–Trinajstić information content (AvgIpc) is 2.81. The Hall–Kier alpha value is -1.46. The maximum absolute atomic E-state index is 13.0. The molecule has 0 saturated heterocycles. The molecule has 1 aromatic heterocycles. The van der Waals surface area contributed by atoms with Crippen LogP contribution >= 0.6 is 11.6 Å². The molecule has 1 atom stereocenters. The van der Waals surface area contributed by atoms with Crippen molar-refractivity contribution >= 4 is 11.6 Å². The molecular formula is C12H13ClFN3O. The summed E-state index contributed by atoms with van der Waals surface area (Å²) in [5.41, 5.74) is 0.633. The molecule has 0 saturated carbocycles. The Balaban J connectivity index is 2.21. The number of nitrogens with one attached hydrogen (secondary N) is 1. The van der Waals surface area contributed by atoms with Crippen LogP contribution in [0.2, 0.25) is 5.02 Å². The number of aromatic nitrogens is 2. The van der Waals surface area contributed by atoms with Crippen molar-refractivity contribution in [1.29, 1.82) is 0 Å². The second-order valence-corrected chi connectivity index (χ2v) is 4.44. The first kappa shape index (κ1) is 13.0. The second kappa shape index (κ2) is 5.46. The summed E-state index contributed by atoms with van der Waals surface area (Å²) in [6, 6.07) is 4.57. The van der Waals surface area contributed by atoms with Crippen LogP contribution in [-0.2, 0) is 6.42 Å². The summed E-state index contributed by atoms with van der Waals surface area (Å²) in [5, 5.41) is 6.97. The predicted octanol–water partition coefficient (Wildman–Crippen LogP) is 2.68. The minimum atomic E-state index is -0.465. The summed E-state index contributed by atoms with van der Waals surface area (Å²) in [6.07, 6.45) is 0.637. The molecule has 6 heteroatoms. The average molecular weight is 270 g/mol. The van der Waals surface area contributed by atoms with Crippen LogP contribution in [-0.4, -0.2) is 23.2 Å². The van der Waals surface area contributed by atoms with Gasteiger partial charge in [0.25, 0.3) is 0 Å². The van der Waals surface area contributed by atoms with Gasteiger partial charge in [0.05, 0.1) is 5.02 Å². The van der Waals surface area contributed by atoms with Crippen molar-refractivity contribution in [1.82, 2.24) is 15.5 Å². The van der Waals surface area contributed by atoms with Crippen LogP contribution in [0.4, 0.5) is 4.39 Å². The Bertz CT molecular complexity index is 544. The van der Waals surface area contributed by atoms with Crippen molar-refractivity contribution in [2.24, 2.45) is 0 Å². The van der Waals surface area contributed by atoms with E-state index in [-0.39, 0.29) is 11.1 Å². The summed E-state index contributed by atoms with van der Waals surface area (Å²) < 4.78 is 18.2. The van der Waals surface area contributed by atoms with Crippen molar-refractivity contribution in [3.05, 3.63) is 34.9 Å². The number of nitrogens with zero attached hydrogens (tertiary/aromatic N) is 2. The first-order chi connectivity index (χ1) is 8.60. The summed E-state index contributed by atoms with van der Waals surface area (Å²) >= 11 is 5.71. The summed E-state index contributed by atoms with van der Waals surface area (Å²) in [4.78, 5) is 4.24. The molecule has 96 valence electrons. The van der Waals surface area contributed by atoms with E-state index in [9.17, 15) is 4.39 Å². The van der Waals surface area contributed by atoms with Gasteiger partial charge in [0.15, 0.2) is 0 Å². The molecule has 18 heavy (non-hydrogen) atoms. The van der Waals surface area contributed by atoms with Crippen molar-refractivity contribution in [2.75, 3.05) is 7.05 Å². The number of halogens is 2. The third kappa shape index (κ3) is 2.86. The molecule has 1 unspecified atom stereocenters. The maximum atomic E-state index is 13.0. The third-order valence-corrected chi connectivity index (χ3v) is 2.91. The number of hydrogen-bond donors (Lipinski definition) is 1. The molecule has 0 aliphatic heterocycles. The van der Waals surface area contributed by atoms with Gasteiger partial charge >= 0.3 is 0 Å². The minimum Gasteiger partial charge on any atom is -0.339 e. The SMILES string of the molecule is CNC(C)Cc1nc(-c2ccc(F)c(Cl)c2)no1. The second-order valence-electron chi connectivity index (χ2n) is 4.03. The lowest BCUT2D eigenvalue weighted by molar-refractivity contribution is 0.365. The first-order valence-corrected chi connectivity index (χ1v) is 5.93. The normalized spacial score (nSPS) is 12.7. The topological polar surface area (TPSA) is 51.0 Å². The molecule has 0 aliphatic carbocycles. The zero-order valence-corrected chi connectivity index (χ0v) is 10.8.